The standard InChI is InChI=1S/C18H22N2O3/c21-17(14-4-1-2-5-14)20-9-15-10-22-12-18(15,11-20)13-23-16-6-3-7-19-8-16/h3-4,6-8,15H,1-2,5,9-13H2/t15-,18+/m1/s1. The highest BCUT2D eigenvalue weighted by molar-refractivity contribution is 5.94. The minimum atomic E-state index is -0.0787. The zero-order valence-corrected chi connectivity index (χ0v) is 13.2. The molecule has 1 amide bonds. The van der Waals surface area contributed by atoms with Crippen LogP contribution in [0.1, 0.15) is 19.3 Å². The third-order valence-electron chi connectivity index (χ3n) is 5.28. The molecule has 0 radical (unpaired) electrons. The zero-order valence-electron chi connectivity index (χ0n) is 13.2. The summed E-state index contributed by atoms with van der Waals surface area (Å²) < 4.78 is 11.7. The Morgan fingerprint density at radius 1 is 1.52 bits per heavy atom. The molecule has 2 saturated heterocycles. The van der Waals surface area contributed by atoms with Crippen molar-refractivity contribution in [2.24, 2.45) is 11.3 Å². The van der Waals surface area contributed by atoms with Gasteiger partial charge < -0.3 is 14.4 Å². The average molecular weight is 314 g/mol. The predicted molar refractivity (Wildman–Crippen MR) is 85.0 cm³/mol. The fourth-order valence-electron chi connectivity index (χ4n) is 3.92. The summed E-state index contributed by atoms with van der Waals surface area (Å²) in [5, 5.41) is 0. The number of hydrogen-bond acceptors (Lipinski definition) is 4. The highest BCUT2D eigenvalue weighted by Gasteiger charge is 2.52. The molecule has 1 aromatic rings. The lowest BCUT2D eigenvalue weighted by Gasteiger charge is -2.27. The van der Waals surface area contributed by atoms with Gasteiger partial charge in [-0.05, 0) is 31.4 Å². The van der Waals surface area contributed by atoms with E-state index in [1.54, 1.807) is 12.4 Å². The summed E-state index contributed by atoms with van der Waals surface area (Å²) in [6.07, 6.45) is 8.63. The zero-order chi connectivity index (χ0) is 15.7. The van der Waals surface area contributed by atoms with Crippen molar-refractivity contribution in [3.63, 3.8) is 0 Å². The average Bonchev–Trinajstić information content (AvgIpc) is 3.29. The number of likely N-dealkylation sites (tertiary alicyclic amines) is 1. The Balaban J connectivity index is 1.45. The molecule has 5 nitrogen and oxygen atoms in total. The number of carbonyl (C=O) groups is 1. The first-order valence-electron chi connectivity index (χ1n) is 8.36. The Bertz CT molecular complexity index is 616. The number of rotatable bonds is 4. The molecule has 2 aliphatic heterocycles. The van der Waals surface area contributed by atoms with Crippen LogP contribution in [-0.2, 0) is 9.53 Å². The molecule has 122 valence electrons. The normalized spacial score (nSPS) is 29.5. The van der Waals surface area contributed by atoms with Crippen molar-refractivity contribution < 1.29 is 14.3 Å². The maximum Gasteiger partial charge on any atom is 0.249 e. The lowest BCUT2D eigenvalue weighted by atomic mass is 9.82. The van der Waals surface area contributed by atoms with Crippen LogP contribution in [-0.4, -0.2) is 48.7 Å². The van der Waals surface area contributed by atoms with Crippen LogP contribution in [0.25, 0.3) is 0 Å². The lowest BCUT2D eigenvalue weighted by Crippen LogP contribution is -2.38. The largest absolute Gasteiger partial charge is 0.491 e. The second-order valence-corrected chi connectivity index (χ2v) is 6.86. The van der Waals surface area contributed by atoms with E-state index in [1.807, 2.05) is 17.0 Å². The van der Waals surface area contributed by atoms with Gasteiger partial charge in [-0.25, -0.2) is 0 Å². The third kappa shape index (κ3) is 2.74. The molecular weight excluding hydrogens is 292 g/mol. The molecule has 1 aromatic heterocycles. The molecule has 2 atom stereocenters. The van der Waals surface area contributed by atoms with E-state index >= 15 is 0 Å². The van der Waals surface area contributed by atoms with E-state index in [0.29, 0.717) is 19.1 Å². The topological polar surface area (TPSA) is 51.7 Å². The number of pyridine rings is 1. The number of carbonyl (C=O) groups excluding carboxylic acids is 1. The van der Waals surface area contributed by atoms with Crippen LogP contribution < -0.4 is 4.74 Å². The van der Waals surface area contributed by atoms with Crippen molar-refractivity contribution >= 4 is 5.91 Å². The van der Waals surface area contributed by atoms with E-state index in [9.17, 15) is 4.79 Å². The number of fused-ring (bicyclic) bond motifs is 1. The van der Waals surface area contributed by atoms with Gasteiger partial charge in [-0.2, -0.15) is 0 Å². The van der Waals surface area contributed by atoms with Crippen LogP contribution in [0.4, 0.5) is 0 Å². The predicted octanol–water partition coefficient (Wildman–Crippen LogP) is 2.05. The van der Waals surface area contributed by atoms with Gasteiger partial charge in [0, 0.05) is 30.8 Å². The third-order valence-corrected chi connectivity index (χ3v) is 5.28. The Kier molecular flexibility index (Phi) is 3.81. The number of nitrogens with zero attached hydrogens (tertiary/aromatic N) is 2. The number of amides is 1. The van der Waals surface area contributed by atoms with E-state index in [4.69, 9.17) is 9.47 Å². The lowest BCUT2D eigenvalue weighted by molar-refractivity contribution is -0.127. The number of ether oxygens (including phenoxy) is 2. The molecule has 2 fully saturated rings. The van der Waals surface area contributed by atoms with E-state index in [2.05, 4.69) is 11.1 Å². The van der Waals surface area contributed by atoms with Crippen LogP contribution in [0.5, 0.6) is 5.75 Å². The summed E-state index contributed by atoms with van der Waals surface area (Å²) in [4.78, 5) is 18.8. The fraction of sp³-hybridized carbons (Fsp3) is 0.556. The second-order valence-electron chi connectivity index (χ2n) is 6.86. The Labute approximate surface area is 136 Å². The molecule has 0 aromatic carbocycles. The van der Waals surface area contributed by atoms with Gasteiger partial charge in [0.15, 0.2) is 0 Å². The van der Waals surface area contributed by atoms with Gasteiger partial charge in [0.1, 0.15) is 5.75 Å². The molecule has 5 heteroatoms. The van der Waals surface area contributed by atoms with Gasteiger partial charge in [-0.15, -0.1) is 0 Å². The SMILES string of the molecule is O=C(C1=CCCC1)N1C[C@@H]2COC[C@]2(COc2cccnc2)C1. The Morgan fingerprint density at radius 2 is 2.48 bits per heavy atom. The van der Waals surface area contributed by atoms with Crippen LogP contribution in [0.3, 0.4) is 0 Å². The first kappa shape index (κ1) is 14.7. The minimum Gasteiger partial charge on any atom is -0.491 e. The van der Waals surface area contributed by atoms with Crippen LogP contribution in [0, 0.1) is 11.3 Å². The van der Waals surface area contributed by atoms with Crippen molar-refractivity contribution in [3.8, 4) is 5.75 Å². The van der Waals surface area contributed by atoms with Gasteiger partial charge in [-0.3, -0.25) is 9.78 Å². The van der Waals surface area contributed by atoms with Gasteiger partial charge in [0.25, 0.3) is 0 Å². The van der Waals surface area contributed by atoms with E-state index in [1.165, 1.54) is 0 Å². The van der Waals surface area contributed by atoms with Crippen LogP contribution in [0.2, 0.25) is 0 Å². The van der Waals surface area contributed by atoms with Crippen LogP contribution in [0.15, 0.2) is 36.2 Å². The Morgan fingerprint density at radius 3 is 3.26 bits per heavy atom. The summed E-state index contributed by atoms with van der Waals surface area (Å²) in [6.45, 7) is 3.48. The summed E-state index contributed by atoms with van der Waals surface area (Å²) >= 11 is 0. The van der Waals surface area contributed by atoms with Gasteiger partial charge in [0.05, 0.1) is 31.4 Å². The maximum absolute atomic E-state index is 12.7. The number of aromatic nitrogens is 1. The minimum absolute atomic E-state index is 0.0787. The summed E-state index contributed by atoms with van der Waals surface area (Å²) in [5.41, 5.74) is 0.916. The van der Waals surface area contributed by atoms with Gasteiger partial charge in [0.2, 0.25) is 5.91 Å². The summed E-state index contributed by atoms with van der Waals surface area (Å²) in [7, 11) is 0. The molecular formula is C18H22N2O3. The Hall–Kier alpha value is -1.88. The molecule has 4 rings (SSSR count). The molecule has 3 aliphatic rings. The van der Waals surface area contributed by atoms with Gasteiger partial charge in [-0.1, -0.05) is 6.08 Å². The van der Waals surface area contributed by atoms with Crippen LogP contribution >= 0.6 is 0 Å². The van der Waals surface area contributed by atoms with E-state index < -0.39 is 0 Å². The monoisotopic (exact) mass is 314 g/mol. The maximum atomic E-state index is 12.7. The van der Waals surface area contributed by atoms with E-state index in [0.717, 1.165) is 50.3 Å². The molecule has 0 unspecified atom stereocenters. The summed E-state index contributed by atoms with van der Waals surface area (Å²) in [6, 6.07) is 3.78. The molecule has 3 heterocycles. The highest BCUT2D eigenvalue weighted by Crippen LogP contribution is 2.42. The van der Waals surface area contributed by atoms with E-state index in [-0.39, 0.29) is 11.3 Å². The molecule has 23 heavy (non-hydrogen) atoms. The molecule has 0 spiro atoms. The fourth-order valence-corrected chi connectivity index (χ4v) is 3.92. The number of allylic oxidation sites excluding steroid dienone is 1. The quantitative estimate of drug-likeness (QED) is 0.853. The van der Waals surface area contributed by atoms with Crippen molar-refractivity contribution in [2.75, 3.05) is 32.9 Å². The van der Waals surface area contributed by atoms with Crippen molar-refractivity contribution in [3.05, 3.63) is 36.2 Å². The first-order chi connectivity index (χ1) is 11.3. The highest BCUT2D eigenvalue weighted by atomic mass is 16.5. The van der Waals surface area contributed by atoms with Crippen molar-refractivity contribution in [1.29, 1.82) is 0 Å². The molecule has 1 aliphatic carbocycles. The molecule has 0 saturated carbocycles. The summed E-state index contributed by atoms with van der Waals surface area (Å²) in [5.74, 6) is 1.36. The van der Waals surface area contributed by atoms with Gasteiger partial charge >= 0.3 is 0 Å². The molecule has 0 N–H and O–H groups in total. The first-order valence-corrected chi connectivity index (χ1v) is 8.36. The van der Waals surface area contributed by atoms with Crippen molar-refractivity contribution in [1.82, 2.24) is 9.88 Å². The second kappa shape index (κ2) is 5.96. The van der Waals surface area contributed by atoms with Crippen molar-refractivity contribution in [2.45, 2.75) is 19.3 Å². The number of hydrogen-bond donors (Lipinski definition) is 0. The smallest absolute Gasteiger partial charge is 0.249 e. The molecule has 0 bridgehead atoms.